The van der Waals surface area contributed by atoms with Gasteiger partial charge in [-0.15, -0.1) is 0 Å². The van der Waals surface area contributed by atoms with Crippen LogP contribution >= 0.6 is 22.6 Å². The average Bonchev–Trinajstić information content (AvgIpc) is 3.40. The van der Waals surface area contributed by atoms with Crippen molar-refractivity contribution >= 4 is 40.5 Å². The maximum absolute atomic E-state index is 12.2. The molecule has 0 amide bonds. The highest BCUT2D eigenvalue weighted by Crippen LogP contribution is 2.35. The molecule has 2 aromatic carbocycles. The number of furan rings is 1. The third-order valence-corrected chi connectivity index (χ3v) is 5.19. The first-order chi connectivity index (χ1) is 14.6. The maximum atomic E-state index is 12.2. The third kappa shape index (κ3) is 4.56. The lowest BCUT2D eigenvalue weighted by Gasteiger charge is -2.13. The van der Waals surface area contributed by atoms with Crippen LogP contribution in [0, 0.1) is 3.57 Å². The van der Waals surface area contributed by atoms with Crippen molar-refractivity contribution < 1.29 is 23.4 Å². The van der Waals surface area contributed by atoms with Crippen LogP contribution in [0.15, 0.2) is 76.0 Å². The molecule has 7 heteroatoms. The molecule has 0 N–H and O–H groups in total. The van der Waals surface area contributed by atoms with Crippen LogP contribution in [-0.2, 0) is 16.0 Å². The first-order valence-corrected chi connectivity index (χ1v) is 10.3. The van der Waals surface area contributed by atoms with Gasteiger partial charge < -0.3 is 18.6 Å². The van der Waals surface area contributed by atoms with E-state index in [2.05, 4.69) is 39.7 Å². The van der Waals surface area contributed by atoms with E-state index < -0.39 is 5.97 Å². The smallest absolute Gasteiger partial charge is 0.363 e. The SMILES string of the molecule is COc1cc(/C=C2/N=C(c3ccco3)OC2=O)cc(I)c1OCCc1ccccc1. The van der Waals surface area contributed by atoms with Crippen LogP contribution in [0.25, 0.3) is 6.08 Å². The molecule has 0 atom stereocenters. The molecule has 0 unspecified atom stereocenters. The van der Waals surface area contributed by atoms with E-state index in [0.717, 1.165) is 15.6 Å². The summed E-state index contributed by atoms with van der Waals surface area (Å²) < 4.78 is 22.8. The van der Waals surface area contributed by atoms with Crippen molar-refractivity contribution in [2.75, 3.05) is 13.7 Å². The maximum Gasteiger partial charge on any atom is 0.363 e. The van der Waals surface area contributed by atoms with Gasteiger partial charge in [0.1, 0.15) is 0 Å². The van der Waals surface area contributed by atoms with Crippen molar-refractivity contribution in [1.82, 2.24) is 0 Å². The highest BCUT2D eigenvalue weighted by molar-refractivity contribution is 14.1. The largest absolute Gasteiger partial charge is 0.493 e. The summed E-state index contributed by atoms with van der Waals surface area (Å²) in [5, 5.41) is 0. The number of halogens is 1. The standard InChI is InChI=1S/C23H18INO5/c1-27-20-14-16(13-18-23(26)30-22(25-18)19-8-5-10-28-19)12-17(24)21(20)29-11-9-15-6-3-2-4-7-15/h2-8,10,12-14H,9,11H2,1H3/b18-13+. The van der Waals surface area contributed by atoms with Gasteiger partial charge in [-0.2, -0.15) is 0 Å². The fraction of sp³-hybridized carbons (Fsp3) is 0.130. The molecule has 1 aromatic heterocycles. The van der Waals surface area contributed by atoms with E-state index in [1.165, 1.54) is 11.8 Å². The van der Waals surface area contributed by atoms with Crippen LogP contribution in [0.2, 0.25) is 0 Å². The molecule has 0 radical (unpaired) electrons. The second-order valence-corrected chi connectivity index (χ2v) is 7.59. The molecular weight excluding hydrogens is 497 g/mol. The summed E-state index contributed by atoms with van der Waals surface area (Å²) in [6, 6.07) is 17.2. The van der Waals surface area contributed by atoms with Gasteiger partial charge in [0.25, 0.3) is 5.90 Å². The lowest BCUT2D eigenvalue weighted by Crippen LogP contribution is -2.05. The Morgan fingerprint density at radius 1 is 1.13 bits per heavy atom. The minimum absolute atomic E-state index is 0.152. The second kappa shape index (κ2) is 9.17. The van der Waals surface area contributed by atoms with Gasteiger partial charge in [-0.05, 0) is 64.1 Å². The molecule has 0 bridgehead atoms. The van der Waals surface area contributed by atoms with E-state index in [1.54, 1.807) is 31.4 Å². The minimum atomic E-state index is -0.529. The number of nitrogens with zero attached hydrogens (tertiary/aromatic N) is 1. The molecule has 0 spiro atoms. The normalized spacial score (nSPS) is 14.5. The van der Waals surface area contributed by atoms with E-state index in [9.17, 15) is 4.79 Å². The molecule has 0 fully saturated rings. The lowest BCUT2D eigenvalue weighted by atomic mass is 10.1. The van der Waals surface area contributed by atoms with Crippen LogP contribution in [-0.4, -0.2) is 25.6 Å². The Bertz CT molecular complexity index is 1100. The molecule has 0 saturated heterocycles. The molecule has 4 rings (SSSR count). The number of ether oxygens (including phenoxy) is 3. The molecule has 0 saturated carbocycles. The second-order valence-electron chi connectivity index (χ2n) is 6.43. The van der Waals surface area contributed by atoms with Crippen molar-refractivity contribution in [1.29, 1.82) is 0 Å². The number of esters is 1. The molecule has 1 aliphatic rings. The summed E-state index contributed by atoms with van der Waals surface area (Å²) in [6.07, 6.45) is 3.94. The van der Waals surface area contributed by atoms with Crippen LogP contribution in [0.4, 0.5) is 0 Å². The zero-order valence-corrected chi connectivity index (χ0v) is 18.3. The van der Waals surface area contributed by atoms with Gasteiger partial charge in [0.15, 0.2) is 23.0 Å². The predicted octanol–water partition coefficient (Wildman–Crippen LogP) is 4.86. The van der Waals surface area contributed by atoms with E-state index in [-0.39, 0.29) is 11.6 Å². The first kappa shape index (κ1) is 20.2. The van der Waals surface area contributed by atoms with Crippen LogP contribution in [0.3, 0.4) is 0 Å². The molecule has 2 heterocycles. The Morgan fingerprint density at radius 3 is 2.70 bits per heavy atom. The summed E-state index contributed by atoms with van der Waals surface area (Å²) in [4.78, 5) is 16.4. The van der Waals surface area contributed by atoms with E-state index >= 15 is 0 Å². The number of carbonyl (C=O) groups is 1. The number of methoxy groups -OCH3 is 1. The summed E-state index contributed by atoms with van der Waals surface area (Å²) in [7, 11) is 1.59. The topological polar surface area (TPSA) is 70.3 Å². The van der Waals surface area contributed by atoms with Gasteiger partial charge in [0, 0.05) is 6.42 Å². The molecule has 0 aliphatic carbocycles. The van der Waals surface area contributed by atoms with E-state index in [0.29, 0.717) is 23.9 Å². The summed E-state index contributed by atoms with van der Waals surface area (Å²) >= 11 is 2.19. The van der Waals surface area contributed by atoms with Gasteiger partial charge in [-0.3, -0.25) is 0 Å². The highest BCUT2D eigenvalue weighted by Gasteiger charge is 2.26. The number of benzene rings is 2. The van der Waals surface area contributed by atoms with Crippen molar-refractivity contribution in [3.05, 3.63) is 87.0 Å². The van der Waals surface area contributed by atoms with Crippen LogP contribution in [0.1, 0.15) is 16.9 Å². The fourth-order valence-corrected chi connectivity index (χ4v) is 3.73. The highest BCUT2D eigenvalue weighted by atomic mass is 127. The van der Waals surface area contributed by atoms with Crippen molar-refractivity contribution in [2.24, 2.45) is 4.99 Å². The minimum Gasteiger partial charge on any atom is -0.493 e. The van der Waals surface area contributed by atoms with Gasteiger partial charge >= 0.3 is 5.97 Å². The summed E-state index contributed by atoms with van der Waals surface area (Å²) in [5.74, 6) is 1.28. The number of aliphatic imine (C=N–C) groups is 1. The molecule has 6 nitrogen and oxygen atoms in total. The molecule has 30 heavy (non-hydrogen) atoms. The Kier molecular flexibility index (Phi) is 6.18. The third-order valence-electron chi connectivity index (χ3n) is 4.39. The van der Waals surface area contributed by atoms with Gasteiger partial charge in [0.2, 0.25) is 0 Å². The molecule has 1 aliphatic heterocycles. The number of hydrogen-bond acceptors (Lipinski definition) is 6. The Labute approximate surface area is 187 Å². The monoisotopic (exact) mass is 515 g/mol. The molecule has 3 aromatic rings. The fourth-order valence-electron chi connectivity index (χ4n) is 2.95. The van der Waals surface area contributed by atoms with Crippen molar-refractivity contribution in [3.63, 3.8) is 0 Å². The van der Waals surface area contributed by atoms with Gasteiger partial charge in [0.05, 0.1) is 23.6 Å². The zero-order valence-electron chi connectivity index (χ0n) is 16.1. The van der Waals surface area contributed by atoms with E-state index in [4.69, 9.17) is 18.6 Å². The van der Waals surface area contributed by atoms with Gasteiger partial charge in [-0.1, -0.05) is 30.3 Å². The predicted molar refractivity (Wildman–Crippen MR) is 121 cm³/mol. The van der Waals surface area contributed by atoms with Crippen LogP contribution in [0.5, 0.6) is 11.5 Å². The number of carbonyl (C=O) groups excluding carboxylic acids is 1. The Morgan fingerprint density at radius 2 is 1.97 bits per heavy atom. The van der Waals surface area contributed by atoms with Crippen LogP contribution < -0.4 is 9.47 Å². The number of cyclic esters (lactones) is 1. The zero-order chi connectivity index (χ0) is 20.9. The number of rotatable bonds is 7. The van der Waals surface area contributed by atoms with Crippen molar-refractivity contribution in [3.8, 4) is 11.5 Å². The molecular formula is C23H18INO5. The Balaban J connectivity index is 1.53. The molecule has 152 valence electrons. The van der Waals surface area contributed by atoms with E-state index in [1.807, 2.05) is 24.3 Å². The quantitative estimate of drug-likeness (QED) is 0.256. The lowest BCUT2D eigenvalue weighted by molar-refractivity contribution is -0.130. The number of hydrogen-bond donors (Lipinski definition) is 0. The van der Waals surface area contributed by atoms with Gasteiger partial charge in [-0.25, -0.2) is 9.79 Å². The first-order valence-electron chi connectivity index (χ1n) is 9.25. The summed E-state index contributed by atoms with van der Waals surface area (Å²) in [6.45, 7) is 0.528. The average molecular weight is 515 g/mol. The van der Waals surface area contributed by atoms with Crippen molar-refractivity contribution in [2.45, 2.75) is 6.42 Å². The summed E-state index contributed by atoms with van der Waals surface area (Å²) in [5.41, 5.74) is 2.15. The Hall–Kier alpha value is -3.07.